The second kappa shape index (κ2) is 9.08. The van der Waals surface area contributed by atoms with Crippen LogP contribution in [0.4, 0.5) is 13.2 Å². The van der Waals surface area contributed by atoms with Gasteiger partial charge in [0.2, 0.25) is 11.8 Å². The molecule has 1 saturated heterocycles. The van der Waals surface area contributed by atoms with E-state index in [4.69, 9.17) is 11.6 Å². The van der Waals surface area contributed by atoms with E-state index in [1.54, 1.807) is 29.0 Å². The van der Waals surface area contributed by atoms with Gasteiger partial charge < -0.3 is 9.80 Å². The van der Waals surface area contributed by atoms with E-state index >= 15 is 0 Å². The van der Waals surface area contributed by atoms with E-state index in [-0.39, 0.29) is 18.2 Å². The summed E-state index contributed by atoms with van der Waals surface area (Å²) < 4.78 is 38.1. The molecule has 0 radical (unpaired) electrons. The van der Waals surface area contributed by atoms with Crippen molar-refractivity contribution in [1.29, 1.82) is 0 Å². The van der Waals surface area contributed by atoms with Crippen LogP contribution in [-0.4, -0.2) is 41.2 Å². The minimum Gasteiger partial charge on any atom is -0.340 e. The van der Waals surface area contributed by atoms with Gasteiger partial charge in [0.15, 0.2) is 0 Å². The number of amides is 2. The number of hydrogen-bond donors (Lipinski definition) is 0. The lowest BCUT2D eigenvalue weighted by atomic mass is 10.1. The number of nitrogens with zero attached hydrogens (tertiary/aromatic N) is 2. The summed E-state index contributed by atoms with van der Waals surface area (Å²) in [5, 5.41) is 0.614. The number of alkyl halides is 3. The first-order valence-corrected chi connectivity index (χ1v) is 9.98. The van der Waals surface area contributed by atoms with Gasteiger partial charge in [0.05, 0.1) is 12.0 Å². The number of rotatable bonds is 5. The molecule has 160 valence electrons. The molecule has 1 heterocycles. The minimum absolute atomic E-state index is 0.0389. The summed E-state index contributed by atoms with van der Waals surface area (Å²) in [5.74, 6) is -0.409. The molecule has 30 heavy (non-hydrogen) atoms. The first-order chi connectivity index (χ1) is 14.1. The van der Waals surface area contributed by atoms with Crippen LogP contribution in [0, 0.1) is 0 Å². The zero-order chi connectivity index (χ0) is 21.9. The van der Waals surface area contributed by atoms with Gasteiger partial charge in [-0.1, -0.05) is 35.9 Å². The van der Waals surface area contributed by atoms with Crippen LogP contribution in [0.25, 0.3) is 0 Å². The molecule has 0 bridgehead atoms. The van der Waals surface area contributed by atoms with Gasteiger partial charge in [-0.15, -0.1) is 0 Å². The molecule has 1 fully saturated rings. The van der Waals surface area contributed by atoms with Crippen molar-refractivity contribution in [3.8, 4) is 0 Å². The molecule has 0 unspecified atom stereocenters. The Labute approximate surface area is 178 Å². The van der Waals surface area contributed by atoms with Crippen molar-refractivity contribution in [2.45, 2.75) is 38.0 Å². The van der Waals surface area contributed by atoms with E-state index in [1.807, 2.05) is 12.1 Å². The van der Waals surface area contributed by atoms with Gasteiger partial charge >= 0.3 is 6.18 Å². The fraction of sp³-hybridized carbons (Fsp3) is 0.364. The van der Waals surface area contributed by atoms with E-state index in [0.717, 1.165) is 17.7 Å². The molecular weight excluding hydrogens is 417 g/mol. The Hall–Kier alpha value is -2.54. The molecule has 8 heteroatoms. The van der Waals surface area contributed by atoms with Crippen LogP contribution in [0.2, 0.25) is 5.02 Å². The molecule has 1 atom stereocenters. The van der Waals surface area contributed by atoms with Gasteiger partial charge in [-0.3, -0.25) is 9.59 Å². The predicted octanol–water partition coefficient (Wildman–Crippen LogP) is 4.55. The molecule has 1 aliphatic rings. The highest BCUT2D eigenvalue weighted by Crippen LogP contribution is 2.29. The maximum atomic E-state index is 12.9. The number of likely N-dealkylation sites (N-methyl/N-ethyl adjacent to an activating group) is 1. The minimum atomic E-state index is -4.41. The number of likely N-dealkylation sites (tertiary alicyclic amines) is 1. The van der Waals surface area contributed by atoms with Crippen molar-refractivity contribution in [3.05, 3.63) is 70.2 Å². The second-order valence-corrected chi connectivity index (χ2v) is 7.87. The van der Waals surface area contributed by atoms with Gasteiger partial charge in [0.1, 0.15) is 6.04 Å². The smallest absolute Gasteiger partial charge is 0.340 e. The van der Waals surface area contributed by atoms with Crippen LogP contribution in [0.3, 0.4) is 0 Å². The molecule has 3 rings (SSSR count). The molecule has 0 spiro atoms. The topological polar surface area (TPSA) is 40.6 Å². The number of benzene rings is 2. The molecule has 0 saturated carbocycles. The normalized spacial score (nSPS) is 16.6. The average Bonchev–Trinajstić information content (AvgIpc) is 3.19. The molecule has 2 aromatic rings. The fourth-order valence-corrected chi connectivity index (χ4v) is 3.73. The van der Waals surface area contributed by atoms with Gasteiger partial charge in [-0.25, -0.2) is 0 Å². The van der Waals surface area contributed by atoms with Crippen LogP contribution < -0.4 is 0 Å². The lowest BCUT2D eigenvalue weighted by Gasteiger charge is -2.28. The Balaban J connectivity index is 1.63. The summed E-state index contributed by atoms with van der Waals surface area (Å²) in [6.07, 6.45) is -3.17. The van der Waals surface area contributed by atoms with Crippen molar-refractivity contribution in [2.24, 2.45) is 0 Å². The third-order valence-corrected chi connectivity index (χ3v) is 5.46. The van der Waals surface area contributed by atoms with Gasteiger partial charge in [-0.05, 0) is 48.2 Å². The predicted molar refractivity (Wildman–Crippen MR) is 108 cm³/mol. The van der Waals surface area contributed by atoms with Crippen LogP contribution in [0.1, 0.15) is 29.5 Å². The number of halogens is 4. The van der Waals surface area contributed by atoms with Crippen LogP contribution in [0.5, 0.6) is 0 Å². The van der Waals surface area contributed by atoms with Crippen molar-refractivity contribution in [3.63, 3.8) is 0 Å². The van der Waals surface area contributed by atoms with E-state index in [1.165, 1.54) is 12.1 Å². The van der Waals surface area contributed by atoms with Gasteiger partial charge in [0.25, 0.3) is 0 Å². The molecule has 0 N–H and O–H groups in total. The number of hydrogen-bond acceptors (Lipinski definition) is 2. The van der Waals surface area contributed by atoms with Crippen molar-refractivity contribution >= 4 is 23.4 Å². The number of carbonyl (C=O) groups is 2. The highest BCUT2D eigenvalue weighted by Gasteiger charge is 2.35. The van der Waals surface area contributed by atoms with E-state index in [0.29, 0.717) is 36.5 Å². The molecular formula is C22H22ClF3N2O2. The zero-order valence-electron chi connectivity index (χ0n) is 16.5. The lowest BCUT2D eigenvalue weighted by molar-refractivity contribution is -0.143. The highest BCUT2D eigenvalue weighted by atomic mass is 35.5. The van der Waals surface area contributed by atoms with Gasteiger partial charge in [-0.2, -0.15) is 13.2 Å². The average molecular weight is 439 g/mol. The van der Waals surface area contributed by atoms with Crippen LogP contribution >= 0.6 is 11.6 Å². The summed E-state index contributed by atoms with van der Waals surface area (Å²) in [5.41, 5.74) is 0.660. The van der Waals surface area contributed by atoms with Crippen molar-refractivity contribution in [2.75, 3.05) is 13.6 Å². The summed E-state index contributed by atoms with van der Waals surface area (Å²) in [7, 11) is 1.69. The third kappa shape index (κ3) is 5.33. The molecule has 2 aromatic carbocycles. The molecule has 0 aromatic heterocycles. The Morgan fingerprint density at radius 2 is 1.67 bits per heavy atom. The van der Waals surface area contributed by atoms with E-state index < -0.39 is 17.8 Å². The van der Waals surface area contributed by atoms with E-state index in [9.17, 15) is 22.8 Å². The Bertz CT molecular complexity index is 898. The summed E-state index contributed by atoms with van der Waals surface area (Å²) in [4.78, 5) is 28.8. The molecule has 4 nitrogen and oxygen atoms in total. The summed E-state index contributed by atoms with van der Waals surface area (Å²) in [6, 6.07) is 11.2. The first-order valence-electron chi connectivity index (χ1n) is 9.60. The van der Waals surface area contributed by atoms with Crippen LogP contribution in [-0.2, 0) is 28.7 Å². The zero-order valence-corrected chi connectivity index (χ0v) is 17.2. The lowest BCUT2D eigenvalue weighted by Crippen LogP contribution is -2.46. The number of carbonyl (C=O) groups excluding carboxylic acids is 2. The quantitative estimate of drug-likeness (QED) is 0.687. The SMILES string of the molecule is CN(Cc1ccc(Cl)cc1)C(=O)[C@H]1CCCN1C(=O)Cc1ccc(C(F)(F)F)cc1. The van der Waals surface area contributed by atoms with Crippen molar-refractivity contribution in [1.82, 2.24) is 9.80 Å². The first kappa shape index (κ1) is 22.2. The highest BCUT2D eigenvalue weighted by molar-refractivity contribution is 6.30. The largest absolute Gasteiger partial charge is 0.416 e. The second-order valence-electron chi connectivity index (χ2n) is 7.44. The molecule has 0 aliphatic carbocycles. The molecule has 1 aliphatic heterocycles. The van der Waals surface area contributed by atoms with Crippen LogP contribution in [0.15, 0.2) is 48.5 Å². The third-order valence-electron chi connectivity index (χ3n) is 5.20. The monoisotopic (exact) mass is 438 g/mol. The summed E-state index contributed by atoms with van der Waals surface area (Å²) >= 11 is 5.89. The van der Waals surface area contributed by atoms with Gasteiger partial charge in [0, 0.05) is 25.2 Å². The Morgan fingerprint density at radius 1 is 1.07 bits per heavy atom. The Kier molecular flexibility index (Phi) is 6.71. The van der Waals surface area contributed by atoms with E-state index in [2.05, 4.69) is 0 Å². The fourth-order valence-electron chi connectivity index (χ4n) is 3.61. The maximum absolute atomic E-state index is 12.9. The Morgan fingerprint density at radius 3 is 2.27 bits per heavy atom. The molecule has 2 amide bonds. The standard InChI is InChI=1S/C22H22ClF3N2O2/c1-27(14-16-6-10-18(23)11-7-16)21(30)19-3-2-12-28(19)20(29)13-15-4-8-17(9-5-15)22(24,25)26/h4-11,19H,2-3,12-14H2,1H3/t19-/m1/s1. The van der Waals surface area contributed by atoms with Crippen molar-refractivity contribution < 1.29 is 22.8 Å². The maximum Gasteiger partial charge on any atom is 0.416 e. The summed E-state index contributed by atoms with van der Waals surface area (Å²) in [6.45, 7) is 0.859.